The second kappa shape index (κ2) is 15.8. The first-order valence-corrected chi connectivity index (χ1v) is 18.5. The zero-order valence-corrected chi connectivity index (χ0v) is 31.9. The number of hydrogen-bond donors (Lipinski definition) is 6. The van der Waals surface area contributed by atoms with Crippen LogP contribution in [0, 0.1) is 20.8 Å². The second-order valence-corrected chi connectivity index (χ2v) is 15.2. The Morgan fingerprint density at radius 3 is 2.40 bits per heavy atom. The number of carbonyl (C=O) groups excluding carboxylic acids is 5. The van der Waals surface area contributed by atoms with E-state index in [2.05, 4.69) is 47.2 Å². The van der Waals surface area contributed by atoms with E-state index in [4.69, 9.17) is 21.4 Å². The standard InChI is InChI=1S/C42H48N8O5/c1-22-15-26-17-30(27-8-6-7-25(16-27)19-34(51)45-21-35(52)48-33(18-26)38(44)53)37(22)50-40(54)32(12-14-43)49-41(55)36-23(2)46-39(47-24(36)3)29-9-10-31-28(20-29)11-13-42(31,4)5/h6-10,15-17,20,32-33H,11-14,18-19,21,43H2,1-5H3,(H2,44,53)(H,45,51)(H,48,52)(H,49,55)(H,50,54)/t32-,33?/m0/s1. The summed E-state index contributed by atoms with van der Waals surface area (Å²) in [4.78, 5) is 75.0. The van der Waals surface area contributed by atoms with E-state index >= 15 is 0 Å². The Labute approximate surface area is 320 Å². The number of anilines is 1. The van der Waals surface area contributed by atoms with Crippen molar-refractivity contribution in [2.45, 2.75) is 84.2 Å². The molecule has 286 valence electrons. The highest BCUT2D eigenvalue weighted by atomic mass is 16.2. The fourth-order valence-electron chi connectivity index (χ4n) is 7.58. The van der Waals surface area contributed by atoms with Gasteiger partial charge in [0.05, 0.1) is 35.6 Å². The van der Waals surface area contributed by atoms with Crippen molar-refractivity contribution >= 4 is 35.2 Å². The van der Waals surface area contributed by atoms with Gasteiger partial charge in [0.25, 0.3) is 5.91 Å². The summed E-state index contributed by atoms with van der Waals surface area (Å²) in [5, 5.41) is 11.1. The molecule has 5 amide bonds. The third kappa shape index (κ3) is 8.57. The smallest absolute Gasteiger partial charge is 0.255 e. The number of aromatic nitrogens is 2. The maximum Gasteiger partial charge on any atom is 0.255 e. The van der Waals surface area contributed by atoms with Gasteiger partial charge in [-0.1, -0.05) is 56.3 Å². The van der Waals surface area contributed by atoms with E-state index in [1.54, 1.807) is 26.0 Å². The lowest BCUT2D eigenvalue weighted by Gasteiger charge is -2.23. The number of nitrogens with zero attached hydrogens (tertiary/aromatic N) is 2. The average Bonchev–Trinajstić information content (AvgIpc) is 3.43. The highest BCUT2D eigenvalue weighted by Gasteiger charge is 2.31. The van der Waals surface area contributed by atoms with Crippen LogP contribution in [0.4, 0.5) is 5.69 Å². The quantitative estimate of drug-likeness (QED) is 0.157. The van der Waals surface area contributed by atoms with Gasteiger partial charge in [-0.2, -0.15) is 0 Å². The van der Waals surface area contributed by atoms with Crippen LogP contribution in [-0.4, -0.2) is 64.7 Å². The summed E-state index contributed by atoms with van der Waals surface area (Å²) >= 11 is 0. The summed E-state index contributed by atoms with van der Waals surface area (Å²) in [6, 6.07) is 15.2. The molecule has 0 spiro atoms. The van der Waals surface area contributed by atoms with Gasteiger partial charge in [0.2, 0.25) is 23.6 Å². The van der Waals surface area contributed by atoms with Gasteiger partial charge in [-0.05, 0) is 97.5 Å². The van der Waals surface area contributed by atoms with Crippen molar-refractivity contribution in [3.63, 3.8) is 0 Å². The molecular weight excluding hydrogens is 697 g/mol. The Kier molecular flexibility index (Phi) is 11.1. The topological polar surface area (TPSA) is 211 Å². The molecule has 4 bridgehead atoms. The van der Waals surface area contributed by atoms with Crippen LogP contribution in [0.25, 0.3) is 22.5 Å². The van der Waals surface area contributed by atoms with E-state index in [0.29, 0.717) is 50.7 Å². The van der Waals surface area contributed by atoms with Crippen LogP contribution in [-0.2, 0) is 43.9 Å². The molecule has 1 aromatic heterocycles. The van der Waals surface area contributed by atoms with E-state index in [1.807, 2.05) is 37.3 Å². The first-order chi connectivity index (χ1) is 26.1. The van der Waals surface area contributed by atoms with Crippen molar-refractivity contribution in [1.29, 1.82) is 0 Å². The molecule has 4 aromatic rings. The summed E-state index contributed by atoms with van der Waals surface area (Å²) < 4.78 is 0. The van der Waals surface area contributed by atoms with Crippen LogP contribution in [0.3, 0.4) is 0 Å². The normalized spacial score (nSPS) is 16.9. The van der Waals surface area contributed by atoms with Gasteiger partial charge in [0, 0.05) is 17.5 Å². The molecule has 0 saturated carbocycles. The zero-order valence-electron chi connectivity index (χ0n) is 31.9. The number of nitrogens with one attached hydrogen (secondary N) is 4. The van der Waals surface area contributed by atoms with Crippen molar-refractivity contribution in [1.82, 2.24) is 25.9 Å². The number of amides is 5. The van der Waals surface area contributed by atoms with Crippen LogP contribution in [0.2, 0.25) is 0 Å². The van der Waals surface area contributed by atoms with Gasteiger partial charge in [-0.3, -0.25) is 24.0 Å². The van der Waals surface area contributed by atoms with Gasteiger partial charge >= 0.3 is 0 Å². The third-order valence-corrected chi connectivity index (χ3v) is 10.5. The molecule has 13 nitrogen and oxygen atoms in total. The molecule has 2 atom stereocenters. The van der Waals surface area contributed by atoms with Crippen LogP contribution >= 0.6 is 0 Å². The van der Waals surface area contributed by atoms with Crippen LogP contribution in [0.15, 0.2) is 54.6 Å². The molecule has 2 aliphatic rings. The predicted octanol–water partition coefficient (Wildman–Crippen LogP) is 3.23. The lowest BCUT2D eigenvalue weighted by Crippen LogP contribution is -2.49. The number of primary amides is 1. The van der Waals surface area contributed by atoms with Crippen LogP contribution in [0.5, 0.6) is 0 Å². The highest BCUT2D eigenvalue weighted by Crippen LogP contribution is 2.40. The maximum absolute atomic E-state index is 14.1. The minimum Gasteiger partial charge on any atom is -0.368 e. The highest BCUT2D eigenvalue weighted by molar-refractivity contribution is 6.04. The largest absolute Gasteiger partial charge is 0.368 e. The van der Waals surface area contributed by atoms with Crippen molar-refractivity contribution in [2.24, 2.45) is 11.5 Å². The first-order valence-electron chi connectivity index (χ1n) is 18.5. The Morgan fingerprint density at radius 2 is 1.69 bits per heavy atom. The Morgan fingerprint density at radius 1 is 0.945 bits per heavy atom. The molecule has 8 N–H and O–H groups in total. The number of aryl methyl sites for hydroxylation is 4. The summed E-state index contributed by atoms with van der Waals surface area (Å²) in [5.74, 6) is -2.11. The molecule has 0 radical (unpaired) electrons. The lowest BCUT2D eigenvalue weighted by molar-refractivity contribution is -0.128. The van der Waals surface area contributed by atoms with Crippen LogP contribution in [0.1, 0.15) is 76.3 Å². The number of rotatable bonds is 8. The zero-order chi connectivity index (χ0) is 39.6. The van der Waals surface area contributed by atoms with Gasteiger partial charge in [0.15, 0.2) is 5.82 Å². The minimum absolute atomic E-state index is 0.000523. The molecule has 3 aromatic carbocycles. The van der Waals surface area contributed by atoms with Gasteiger partial charge in [-0.15, -0.1) is 0 Å². The minimum atomic E-state index is -1.04. The van der Waals surface area contributed by atoms with E-state index in [0.717, 1.165) is 18.4 Å². The Hall–Kier alpha value is -5.95. The van der Waals surface area contributed by atoms with Gasteiger partial charge in [0.1, 0.15) is 12.1 Å². The third-order valence-electron chi connectivity index (χ3n) is 10.5. The van der Waals surface area contributed by atoms with Crippen molar-refractivity contribution in [3.8, 4) is 22.5 Å². The fourth-order valence-corrected chi connectivity index (χ4v) is 7.58. The van der Waals surface area contributed by atoms with Crippen molar-refractivity contribution in [2.75, 3.05) is 18.4 Å². The molecule has 1 unspecified atom stereocenters. The van der Waals surface area contributed by atoms with E-state index in [-0.39, 0.29) is 49.2 Å². The molecule has 0 fully saturated rings. The van der Waals surface area contributed by atoms with Gasteiger partial charge < -0.3 is 32.7 Å². The van der Waals surface area contributed by atoms with E-state index in [1.165, 1.54) is 11.1 Å². The molecule has 1 aliphatic carbocycles. The number of fused-ring (bicyclic) bond motifs is 6. The monoisotopic (exact) mass is 744 g/mol. The predicted molar refractivity (Wildman–Crippen MR) is 210 cm³/mol. The van der Waals surface area contributed by atoms with Crippen molar-refractivity contribution in [3.05, 3.63) is 99.4 Å². The fraction of sp³-hybridized carbons (Fsp3) is 0.357. The average molecular weight is 745 g/mol. The lowest BCUT2D eigenvalue weighted by atomic mass is 9.86. The molecule has 1 aliphatic heterocycles. The Balaban J connectivity index is 1.29. The second-order valence-electron chi connectivity index (χ2n) is 15.2. The molecule has 13 heteroatoms. The van der Waals surface area contributed by atoms with Crippen molar-refractivity contribution < 1.29 is 24.0 Å². The molecule has 55 heavy (non-hydrogen) atoms. The van der Waals surface area contributed by atoms with E-state index in [9.17, 15) is 24.0 Å². The number of nitrogens with two attached hydrogens (primary N) is 2. The molecule has 2 heterocycles. The summed E-state index contributed by atoms with van der Waals surface area (Å²) in [6.07, 6.45) is 2.30. The molecular formula is C42H48N8O5. The van der Waals surface area contributed by atoms with E-state index < -0.39 is 35.7 Å². The molecule has 6 rings (SSSR count). The SMILES string of the molecule is Cc1cc2cc(c1NC(=O)[C@H](CCN)NC(=O)c1c(C)nc(-c3ccc4c(c3)CCC4(C)C)nc1C)-c1cccc(c1)CC(=O)NCC(=O)NC(C(N)=O)C2. The maximum atomic E-state index is 14.1. The summed E-state index contributed by atoms with van der Waals surface area (Å²) in [5.41, 5.74) is 20.3. The number of benzene rings is 3. The number of hydrogen-bond acceptors (Lipinski definition) is 8. The number of carbonyl (C=O) groups is 5. The van der Waals surface area contributed by atoms with Crippen LogP contribution < -0.4 is 32.7 Å². The Bertz CT molecular complexity index is 2190. The van der Waals surface area contributed by atoms with Gasteiger partial charge in [-0.25, -0.2) is 9.97 Å². The first kappa shape index (κ1) is 38.8. The summed E-state index contributed by atoms with van der Waals surface area (Å²) in [6.45, 7) is 9.65. The molecule has 0 saturated heterocycles. The summed E-state index contributed by atoms with van der Waals surface area (Å²) in [7, 11) is 0.